The van der Waals surface area contributed by atoms with Crippen LogP contribution < -0.4 is 18.9 Å². The number of fused-ring (bicyclic) bond motifs is 3. The maximum Gasteiger partial charge on any atom is 0.231 e. The molecule has 0 unspecified atom stereocenters. The second-order valence-electron chi connectivity index (χ2n) is 7.40. The Hall–Kier alpha value is -2.52. The first-order chi connectivity index (χ1) is 13.6. The number of ether oxygens (including phenoxy) is 6. The van der Waals surface area contributed by atoms with Crippen molar-refractivity contribution >= 4 is 0 Å². The first-order valence-electron chi connectivity index (χ1n) is 9.08. The molecule has 4 heterocycles. The minimum atomic E-state index is -1.91. The Kier molecular flexibility index (Phi) is 3.24. The van der Waals surface area contributed by atoms with Crippen molar-refractivity contribution in [3.05, 3.63) is 47.5 Å². The van der Waals surface area contributed by atoms with Crippen molar-refractivity contribution in [2.24, 2.45) is 5.92 Å². The summed E-state index contributed by atoms with van der Waals surface area (Å²) in [6.07, 6.45) is -0.442. The summed E-state index contributed by atoms with van der Waals surface area (Å²) in [6, 6.07) is 10.5. The second-order valence-corrected chi connectivity index (χ2v) is 7.40. The van der Waals surface area contributed by atoms with E-state index in [0.29, 0.717) is 28.6 Å². The highest BCUT2D eigenvalue weighted by Crippen LogP contribution is 2.56. The summed E-state index contributed by atoms with van der Waals surface area (Å²) in [4.78, 5) is 0. The number of aliphatic hydroxyl groups is 2. The Morgan fingerprint density at radius 2 is 1.50 bits per heavy atom. The maximum atomic E-state index is 11.4. The molecule has 2 N–H and O–H groups in total. The predicted molar refractivity (Wildman–Crippen MR) is 92.1 cm³/mol. The van der Waals surface area contributed by atoms with Crippen molar-refractivity contribution in [3.63, 3.8) is 0 Å². The lowest BCUT2D eigenvalue weighted by Gasteiger charge is -2.35. The third-order valence-corrected chi connectivity index (χ3v) is 6.01. The standard InChI is InChI=1S/C20H18O8/c21-19-8-23-18(11-1-3-14-16(5-11)26-9-24-14)13(19)7-28-20(19,22)12-2-4-15-17(6-12)27-10-25-15/h1-6,13,18,21-22H,7-10H2/t13-,18+,19-,20+/m0/s1. The van der Waals surface area contributed by atoms with Crippen molar-refractivity contribution in [1.82, 2.24) is 0 Å². The van der Waals surface area contributed by atoms with E-state index < -0.39 is 23.4 Å². The van der Waals surface area contributed by atoms with Gasteiger partial charge in [-0.05, 0) is 35.9 Å². The minimum Gasteiger partial charge on any atom is -0.454 e. The molecule has 4 aliphatic rings. The van der Waals surface area contributed by atoms with E-state index in [1.807, 2.05) is 18.2 Å². The Morgan fingerprint density at radius 3 is 2.29 bits per heavy atom. The lowest BCUT2D eigenvalue weighted by Crippen LogP contribution is -2.52. The lowest BCUT2D eigenvalue weighted by molar-refractivity contribution is -0.268. The fourth-order valence-corrected chi connectivity index (χ4v) is 4.46. The van der Waals surface area contributed by atoms with Crippen LogP contribution in [0, 0.1) is 5.92 Å². The zero-order chi connectivity index (χ0) is 18.9. The summed E-state index contributed by atoms with van der Waals surface area (Å²) in [5.41, 5.74) is -0.373. The summed E-state index contributed by atoms with van der Waals surface area (Å²) in [5, 5.41) is 22.8. The zero-order valence-corrected chi connectivity index (χ0v) is 14.8. The average Bonchev–Trinajstić information content (AvgIpc) is 3.46. The van der Waals surface area contributed by atoms with Crippen LogP contribution in [0.1, 0.15) is 17.2 Å². The van der Waals surface area contributed by atoms with Gasteiger partial charge in [-0.3, -0.25) is 0 Å². The van der Waals surface area contributed by atoms with Crippen LogP contribution >= 0.6 is 0 Å². The highest BCUT2D eigenvalue weighted by molar-refractivity contribution is 5.48. The highest BCUT2D eigenvalue weighted by Gasteiger charge is 2.67. The molecule has 2 fully saturated rings. The molecule has 8 nitrogen and oxygen atoms in total. The van der Waals surface area contributed by atoms with Crippen molar-refractivity contribution < 1.29 is 38.6 Å². The molecule has 146 valence electrons. The van der Waals surface area contributed by atoms with Gasteiger partial charge >= 0.3 is 0 Å². The van der Waals surface area contributed by atoms with Gasteiger partial charge in [0.15, 0.2) is 28.6 Å². The van der Waals surface area contributed by atoms with E-state index in [9.17, 15) is 10.2 Å². The monoisotopic (exact) mass is 386 g/mol. The molecule has 0 radical (unpaired) electrons. The van der Waals surface area contributed by atoms with Crippen molar-refractivity contribution in [3.8, 4) is 23.0 Å². The molecule has 0 amide bonds. The quantitative estimate of drug-likeness (QED) is 0.801. The Balaban J connectivity index is 1.35. The lowest BCUT2D eigenvalue weighted by atomic mass is 9.78. The molecule has 2 saturated heterocycles. The van der Waals surface area contributed by atoms with Crippen LogP contribution in [-0.4, -0.2) is 42.6 Å². The van der Waals surface area contributed by atoms with Crippen LogP contribution in [-0.2, 0) is 15.3 Å². The van der Waals surface area contributed by atoms with Crippen molar-refractivity contribution in [2.45, 2.75) is 17.5 Å². The van der Waals surface area contributed by atoms with E-state index in [1.54, 1.807) is 18.2 Å². The van der Waals surface area contributed by atoms with E-state index in [-0.39, 0.29) is 26.8 Å². The van der Waals surface area contributed by atoms with Crippen LogP contribution in [0.25, 0.3) is 0 Å². The van der Waals surface area contributed by atoms with Gasteiger partial charge < -0.3 is 38.6 Å². The van der Waals surface area contributed by atoms with Crippen LogP contribution in [0.3, 0.4) is 0 Å². The molecule has 4 aliphatic heterocycles. The summed E-state index contributed by atoms with van der Waals surface area (Å²) < 4.78 is 33.2. The zero-order valence-electron chi connectivity index (χ0n) is 14.8. The van der Waals surface area contributed by atoms with Crippen molar-refractivity contribution in [2.75, 3.05) is 26.8 Å². The van der Waals surface area contributed by atoms with Gasteiger partial charge in [0.1, 0.15) is 0 Å². The fraction of sp³-hybridized carbons (Fsp3) is 0.400. The van der Waals surface area contributed by atoms with Gasteiger partial charge in [-0.1, -0.05) is 6.07 Å². The molecule has 0 spiro atoms. The van der Waals surface area contributed by atoms with Crippen LogP contribution in [0.4, 0.5) is 0 Å². The largest absolute Gasteiger partial charge is 0.454 e. The van der Waals surface area contributed by atoms with Gasteiger partial charge in [-0.25, -0.2) is 0 Å². The summed E-state index contributed by atoms with van der Waals surface area (Å²) >= 11 is 0. The van der Waals surface area contributed by atoms with E-state index in [1.165, 1.54) is 0 Å². The molecule has 0 aliphatic carbocycles. The predicted octanol–water partition coefficient (Wildman–Crippen LogP) is 1.44. The Morgan fingerprint density at radius 1 is 0.821 bits per heavy atom. The summed E-state index contributed by atoms with van der Waals surface area (Å²) in [5.74, 6) is 0.0490. The third-order valence-electron chi connectivity index (χ3n) is 6.01. The second kappa shape index (κ2) is 5.51. The summed E-state index contributed by atoms with van der Waals surface area (Å²) in [7, 11) is 0. The normalized spacial score (nSPS) is 34.6. The third kappa shape index (κ3) is 2.03. The highest BCUT2D eigenvalue weighted by atomic mass is 16.7. The van der Waals surface area contributed by atoms with Crippen LogP contribution in [0.15, 0.2) is 36.4 Å². The molecule has 0 aromatic heterocycles. The fourth-order valence-electron chi connectivity index (χ4n) is 4.46. The first kappa shape index (κ1) is 16.4. The number of benzene rings is 2. The van der Waals surface area contributed by atoms with Gasteiger partial charge in [0.05, 0.1) is 19.3 Å². The van der Waals surface area contributed by atoms with Crippen LogP contribution in [0.2, 0.25) is 0 Å². The summed E-state index contributed by atoms with van der Waals surface area (Å²) in [6.45, 7) is 0.382. The average molecular weight is 386 g/mol. The van der Waals surface area contributed by atoms with Gasteiger partial charge in [0.2, 0.25) is 19.4 Å². The number of hydrogen-bond acceptors (Lipinski definition) is 8. The molecular formula is C20H18O8. The number of rotatable bonds is 2. The molecule has 6 rings (SSSR count). The van der Waals surface area contributed by atoms with E-state index in [4.69, 9.17) is 28.4 Å². The molecule has 8 heteroatoms. The first-order valence-corrected chi connectivity index (χ1v) is 9.08. The topological polar surface area (TPSA) is 95.8 Å². The number of hydrogen-bond donors (Lipinski definition) is 2. The SMILES string of the molecule is O[C@]1(c2ccc3c(c2)OCO3)OC[C@H]2[C@@H](c3ccc4c(c3)OCO4)OC[C@]21O. The van der Waals surface area contributed by atoms with E-state index in [0.717, 1.165) is 5.56 Å². The van der Waals surface area contributed by atoms with Gasteiger partial charge in [0.25, 0.3) is 0 Å². The van der Waals surface area contributed by atoms with Gasteiger partial charge in [0, 0.05) is 11.5 Å². The smallest absolute Gasteiger partial charge is 0.231 e. The Bertz CT molecular complexity index is 961. The molecule has 0 bridgehead atoms. The van der Waals surface area contributed by atoms with E-state index >= 15 is 0 Å². The molecule has 28 heavy (non-hydrogen) atoms. The molecule has 2 aromatic rings. The molecular weight excluding hydrogens is 368 g/mol. The van der Waals surface area contributed by atoms with Crippen LogP contribution in [0.5, 0.6) is 23.0 Å². The van der Waals surface area contributed by atoms with E-state index in [2.05, 4.69) is 0 Å². The minimum absolute atomic E-state index is 0.0677. The maximum absolute atomic E-state index is 11.4. The molecule has 4 atom stereocenters. The molecule has 0 saturated carbocycles. The van der Waals surface area contributed by atoms with Gasteiger partial charge in [-0.2, -0.15) is 0 Å². The van der Waals surface area contributed by atoms with Gasteiger partial charge in [-0.15, -0.1) is 0 Å². The molecule has 2 aromatic carbocycles. The Labute approximate surface area is 160 Å². The van der Waals surface area contributed by atoms with Crippen molar-refractivity contribution in [1.29, 1.82) is 0 Å².